The van der Waals surface area contributed by atoms with Crippen LogP contribution in [-0.2, 0) is 6.54 Å². The van der Waals surface area contributed by atoms with E-state index in [0.717, 1.165) is 24.2 Å². The fourth-order valence-corrected chi connectivity index (χ4v) is 2.70. The summed E-state index contributed by atoms with van der Waals surface area (Å²) in [6.07, 6.45) is 0. The van der Waals surface area contributed by atoms with E-state index >= 15 is 0 Å². The van der Waals surface area contributed by atoms with E-state index in [9.17, 15) is 4.39 Å². The number of aryl methyl sites for hydroxylation is 1. The first kappa shape index (κ1) is 15.7. The molecule has 0 amide bonds. The highest BCUT2D eigenvalue weighted by molar-refractivity contribution is 5.30. The maximum absolute atomic E-state index is 13.6. The number of nitrogens with zero attached hydrogens (tertiary/aromatic N) is 1. The van der Waals surface area contributed by atoms with Crippen LogP contribution in [-0.4, -0.2) is 18.0 Å². The maximum Gasteiger partial charge on any atom is 0.123 e. The minimum Gasteiger partial charge on any atom is -0.329 e. The highest BCUT2D eigenvalue weighted by atomic mass is 19.1. The molecular weight excluding hydrogens is 263 g/mol. The van der Waals surface area contributed by atoms with Crippen molar-refractivity contribution < 1.29 is 4.39 Å². The molecule has 0 saturated heterocycles. The van der Waals surface area contributed by atoms with E-state index in [1.165, 1.54) is 11.6 Å². The van der Waals surface area contributed by atoms with E-state index in [-0.39, 0.29) is 11.9 Å². The number of benzene rings is 2. The van der Waals surface area contributed by atoms with E-state index in [2.05, 4.69) is 24.0 Å². The van der Waals surface area contributed by atoms with Crippen LogP contribution in [0.5, 0.6) is 0 Å². The molecule has 0 aliphatic carbocycles. The van der Waals surface area contributed by atoms with E-state index in [1.807, 2.05) is 31.2 Å². The molecule has 1 atom stereocenters. The molecule has 1 unspecified atom stereocenters. The fourth-order valence-electron chi connectivity index (χ4n) is 2.70. The molecule has 0 saturated carbocycles. The van der Waals surface area contributed by atoms with Crippen molar-refractivity contribution in [3.63, 3.8) is 0 Å². The quantitative estimate of drug-likeness (QED) is 0.878. The van der Waals surface area contributed by atoms with Gasteiger partial charge in [0.25, 0.3) is 0 Å². The predicted molar refractivity (Wildman–Crippen MR) is 85.5 cm³/mol. The van der Waals surface area contributed by atoms with Crippen LogP contribution < -0.4 is 5.73 Å². The lowest BCUT2D eigenvalue weighted by Gasteiger charge is -2.31. The van der Waals surface area contributed by atoms with Gasteiger partial charge in [-0.15, -0.1) is 0 Å². The average molecular weight is 286 g/mol. The van der Waals surface area contributed by atoms with Gasteiger partial charge < -0.3 is 5.73 Å². The third-order valence-corrected chi connectivity index (χ3v) is 3.90. The smallest absolute Gasteiger partial charge is 0.123 e. The van der Waals surface area contributed by atoms with Crippen molar-refractivity contribution >= 4 is 0 Å². The van der Waals surface area contributed by atoms with E-state index in [4.69, 9.17) is 5.73 Å². The summed E-state index contributed by atoms with van der Waals surface area (Å²) in [5.74, 6) is -0.204. The molecule has 2 aromatic rings. The van der Waals surface area contributed by atoms with Gasteiger partial charge in [-0.05, 0) is 42.3 Å². The second-order valence-corrected chi connectivity index (χ2v) is 5.30. The highest BCUT2D eigenvalue weighted by Crippen LogP contribution is 2.25. The number of hydrogen-bond donors (Lipinski definition) is 1. The molecule has 0 fully saturated rings. The Balaban J connectivity index is 2.27. The van der Waals surface area contributed by atoms with Gasteiger partial charge in [-0.3, -0.25) is 4.90 Å². The van der Waals surface area contributed by atoms with Crippen molar-refractivity contribution in [2.75, 3.05) is 13.1 Å². The minimum atomic E-state index is -0.204. The molecule has 2 aromatic carbocycles. The monoisotopic (exact) mass is 286 g/mol. The lowest BCUT2D eigenvalue weighted by Crippen LogP contribution is -2.33. The second-order valence-electron chi connectivity index (χ2n) is 5.30. The SMILES string of the molecule is CCN(Cc1ccccc1)C(CN)c1cc(F)ccc1C. The largest absolute Gasteiger partial charge is 0.329 e. The zero-order valence-electron chi connectivity index (χ0n) is 12.7. The molecule has 0 aliphatic heterocycles. The number of rotatable bonds is 6. The number of likely N-dealkylation sites (N-methyl/N-ethyl adjacent to an activating group) is 1. The summed E-state index contributed by atoms with van der Waals surface area (Å²) in [4.78, 5) is 2.29. The van der Waals surface area contributed by atoms with Gasteiger partial charge in [0.1, 0.15) is 5.82 Å². The van der Waals surface area contributed by atoms with Crippen molar-refractivity contribution in [2.24, 2.45) is 5.73 Å². The van der Waals surface area contributed by atoms with E-state index < -0.39 is 0 Å². The average Bonchev–Trinajstić information content (AvgIpc) is 2.51. The summed E-state index contributed by atoms with van der Waals surface area (Å²) in [5.41, 5.74) is 9.30. The highest BCUT2D eigenvalue weighted by Gasteiger charge is 2.20. The Morgan fingerprint density at radius 3 is 2.48 bits per heavy atom. The summed E-state index contributed by atoms with van der Waals surface area (Å²) < 4.78 is 13.6. The minimum absolute atomic E-state index is 0.0332. The first-order valence-electron chi connectivity index (χ1n) is 7.39. The van der Waals surface area contributed by atoms with Crippen LogP contribution in [0.15, 0.2) is 48.5 Å². The predicted octanol–water partition coefficient (Wildman–Crippen LogP) is 3.66. The Morgan fingerprint density at radius 2 is 1.86 bits per heavy atom. The summed E-state index contributed by atoms with van der Waals surface area (Å²) in [6, 6.07) is 15.3. The molecule has 21 heavy (non-hydrogen) atoms. The van der Waals surface area contributed by atoms with Crippen LogP contribution in [0.3, 0.4) is 0 Å². The molecule has 2 rings (SSSR count). The normalized spacial score (nSPS) is 12.6. The van der Waals surface area contributed by atoms with Gasteiger partial charge in [-0.25, -0.2) is 4.39 Å². The Kier molecular flexibility index (Phi) is 5.48. The summed E-state index contributed by atoms with van der Waals surface area (Å²) in [6.45, 7) is 6.28. The van der Waals surface area contributed by atoms with Crippen LogP contribution in [0.1, 0.15) is 29.7 Å². The van der Waals surface area contributed by atoms with Gasteiger partial charge in [0.2, 0.25) is 0 Å². The zero-order valence-corrected chi connectivity index (χ0v) is 12.7. The fraction of sp³-hybridized carbons (Fsp3) is 0.333. The van der Waals surface area contributed by atoms with E-state index in [0.29, 0.717) is 6.54 Å². The van der Waals surface area contributed by atoms with Crippen LogP contribution in [0.25, 0.3) is 0 Å². The number of nitrogens with two attached hydrogens (primary N) is 1. The third-order valence-electron chi connectivity index (χ3n) is 3.90. The van der Waals surface area contributed by atoms with Crippen molar-refractivity contribution in [2.45, 2.75) is 26.4 Å². The molecule has 0 spiro atoms. The van der Waals surface area contributed by atoms with Crippen LogP contribution in [0.2, 0.25) is 0 Å². The molecule has 0 radical (unpaired) electrons. The Bertz CT molecular complexity index is 569. The van der Waals surface area contributed by atoms with Gasteiger partial charge in [0.15, 0.2) is 0 Å². The van der Waals surface area contributed by atoms with Gasteiger partial charge in [-0.2, -0.15) is 0 Å². The topological polar surface area (TPSA) is 29.3 Å². The van der Waals surface area contributed by atoms with Crippen molar-refractivity contribution in [3.05, 3.63) is 71.0 Å². The maximum atomic E-state index is 13.6. The molecule has 2 nitrogen and oxygen atoms in total. The first-order valence-corrected chi connectivity index (χ1v) is 7.39. The standard InChI is InChI=1S/C18H23FN2/c1-3-21(13-15-7-5-4-6-8-15)18(12-20)17-11-16(19)10-9-14(17)2/h4-11,18H,3,12-13,20H2,1-2H3. The summed E-state index contributed by atoms with van der Waals surface area (Å²) >= 11 is 0. The van der Waals surface area contributed by atoms with Gasteiger partial charge in [0.05, 0.1) is 0 Å². The second kappa shape index (κ2) is 7.34. The van der Waals surface area contributed by atoms with Crippen LogP contribution in [0.4, 0.5) is 4.39 Å². The number of halogens is 1. The third kappa shape index (κ3) is 3.90. The molecule has 0 aromatic heterocycles. The lowest BCUT2D eigenvalue weighted by molar-refractivity contribution is 0.202. The zero-order chi connectivity index (χ0) is 15.2. The van der Waals surface area contributed by atoms with Crippen molar-refractivity contribution in [1.82, 2.24) is 4.90 Å². The van der Waals surface area contributed by atoms with Gasteiger partial charge in [0, 0.05) is 19.1 Å². The molecule has 112 valence electrons. The first-order chi connectivity index (χ1) is 10.2. The molecule has 0 bridgehead atoms. The van der Waals surface area contributed by atoms with Crippen molar-refractivity contribution in [3.8, 4) is 0 Å². The van der Waals surface area contributed by atoms with E-state index in [1.54, 1.807) is 6.07 Å². The van der Waals surface area contributed by atoms with Crippen LogP contribution in [0, 0.1) is 12.7 Å². The summed E-state index contributed by atoms with van der Waals surface area (Å²) in [7, 11) is 0. The lowest BCUT2D eigenvalue weighted by atomic mass is 9.99. The Labute approximate surface area is 126 Å². The molecular formula is C18H23FN2. The van der Waals surface area contributed by atoms with Crippen molar-refractivity contribution in [1.29, 1.82) is 0 Å². The molecule has 0 aliphatic rings. The molecule has 0 heterocycles. The summed E-state index contributed by atoms with van der Waals surface area (Å²) in [5, 5.41) is 0. The molecule has 2 N–H and O–H groups in total. The van der Waals surface area contributed by atoms with Gasteiger partial charge >= 0.3 is 0 Å². The molecule has 3 heteroatoms. The van der Waals surface area contributed by atoms with Gasteiger partial charge in [-0.1, -0.05) is 43.3 Å². The van der Waals surface area contributed by atoms with Crippen LogP contribution >= 0.6 is 0 Å². The Hall–Kier alpha value is -1.71. The number of hydrogen-bond acceptors (Lipinski definition) is 2. The Morgan fingerprint density at radius 1 is 1.14 bits per heavy atom.